The van der Waals surface area contributed by atoms with Crippen LogP contribution < -0.4 is 10.6 Å². The van der Waals surface area contributed by atoms with Gasteiger partial charge >= 0.3 is 12.0 Å². The highest BCUT2D eigenvalue weighted by Gasteiger charge is 2.34. The number of hydrogen-bond donors (Lipinski definition) is 3. The van der Waals surface area contributed by atoms with E-state index in [0.29, 0.717) is 18.4 Å². The topological polar surface area (TPSA) is 99.5 Å². The van der Waals surface area contributed by atoms with Crippen molar-refractivity contribution in [3.05, 3.63) is 11.8 Å². The van der Waals surface area contributed by atoms with Crippen LogP contribution in [0.3, 0.4) is 0 Å². The Morgan fingerprint density at radius 2 is 2.12 bits per heavy atom. The standard InChI is InChI=1S/C17H29N5O3/c1-5-11(3)22-12(4)7-15(20-22)19-17(25)18-13-8-14(9-13)21(6-2)10-16(23)24/h7,11,13-14H,5-6,8-10H2,1-4H3,(H,23,24)(H2,18,19,20,25). The number of urea groups is 1. The summed E-state index contributed by atoms with van der Waals surface area (Å²) in [4.78, 5) is 24.9. The van der Waals surface area contributed by atoms with Gasteiger partial charge < -0.3 is 10.4 Å². The zero-order chi connectivity index (χ0) is 18.6. The molecule has 1 heterocycles. The predicted molar refractivity (Wildman–Crippen MR) is 95.8 cm³/mol. The van der Waals surface area contributed by atoms with E-state index in [1.54, 1.807) is 0 Å². The first kappa shape index (κ1) is 19.2. The van der Waals surface area contributed by atoms with Crippen molar-refractivity contribution in [1.82, 2.24) is 20.0 Å². The molecule has 1 atom stereocenters. The molecule has 1 aliphatic carbocycles. The SMILES string of the molecule is CCC(C)n1nc(NC(=O)NC2CC(N(CC)CC(=O)O)C2)cc1C. The fourth-order valence-electron chi connectivity index (χ4n) is 3.18. The number of hydrogen-bond acceptors (Lipinski definition) is 4. The molecule has 140 valence electrons. The fraction of sp³-hybridized carbons (Fsp3) is 0.706. The number of carbonyl (C=O) groups excluding carboxylic acids is 1. The van der Waals surface area contributed by atoms with Crippen molar-refractivity contribution in [2.75, 3.05) is 18.4 Å². The summed E-state index contributed by atoms with van der Waals surface area (Å²) in [5.41, 5.74) is 1.01. The summed E-state index contributed by atoms with van der Waals surface area (Å²) in [5.74, 6) is -0.268. The average molecular weight is 351 g/mol. The van der Waals surface area contributed by atoms with Gasteiger partial charge in [0, 0.05) is 29.9 Å². The molecule has 1 fully saturated rings. The number of nitrogens with zero attached hydrogens (tertiary/aromatic N) is 3. The lowest BCUT2D eigenvalue weighted by molar-refractivity contribution is -0.139. The quantitative estimate of drug-likeness (QED) is 0.667. The molecule has 0 spiro atoms. The summed E-state index contributed by atoms with van der Waals surface area (Å²) in [6, 6.07) is 2.18. The molecule has 1 saturated carbocycles. The van der Waals surface area contributed by atoms with Crippen LogP contribution in [0, 0.1) is 6.92 Å². The van der Waals surface area contributed by atoms with Gasteiger partial charge in [0.1, 0.15) is 0 Å². The molecule has 0 aliphatic heterocycles. The van der Waals surface area contributed by atoms with Gasteiger partial charge in [0.15, 0.2) is 5.82 Å². The number of likely N-dealkylation sites (N-methyl/N-ethyl adjacent to an activating group) is 1. The van der Waals surface area contributed by atoms with Crippen LogP contribution in [0.1, 0.15) is 51.8 Å². The molecular weight excluding hydrogens is 322 g/mol. The maximum atomic E-state index is 12.1. The van der Waals surface area contributed by atoms with E-state index in [1.165, 1.54) is 0 Å². The van der Waals surface area contributed by atoms with Crippen molar-refractivity contribution in [3.8, 4) is 0 Å². The lowest BCUT2D eigenvalue weighted by Gasteiger charge is -2.42. The third-order valence-corrected chi connectivity index (χ3v) is 4.88. The van der Waals surface area contributed by atoms with Gasteiger partial charge in [-0.05, 0) is 39.7 Å². The highest BCUT2D eigenvalue weighted by Crippen LogP contribution is 2.25. The fourth-order valence-corrected chi connectivity index (χ4v) is 3.18. The minimum atomic E-state index is -0.816. The number of amides is 2. The average Bonchev–Trinajstić information content (AvgIpc) is 2.87. The number of carboxylic acid groups (broad SMARTS) is 1. The lowest BCUT2D eigenvalue weighted by Crippen LogP contribution is -2.55. The van der Waals surface area contributed by atoms with Crippen molar-refractivity contribution >= 4 is 17.8 Å². The number of anilines is 1. The summed E-state index contributed by atoms with van der Waals surface area (Å²) in [7, 11) is 0. The van der Waals surface area contributed by atoms with E-state index in [2.05, 4.69) is 29.6 Å². The van der Waals surface area contributed by atoms with E-state index in [-0.39, 0.29) is 24.7 Å². The Bertz CT molecular complexity index is 609. The molecule has 1 aromatic rings. The molecule has 2 amide bonds. The van der Waals surface area contributed by atoms with Gasteiger partial charge in [0.25, 0.3) is 0 Å². The van der Waals surface area contributed by atoms with E-state index in [9.17, 15) is 9.59 Å². The molecule has 3 N–H and O–H groups in total. The molecule has 25 heavy (non-hydrogen) atoms. The van der Waals surface area contributed by atoms with Crippen LogP contribution in [0.15, 0.2) is 6.07 Å². The maximum absolute atomic E-state index is 12.1. The van der Waals surface area contributed by atoms with Crippen LogP contribution >= 0.6 is 0 Å². The first-order chi connectivity index (χ1) is 11.8. The van der Waals surface area contributed by atoms with Crippen molar-refractivity contribution in [1.29, 1.82) is 0 Å². The maximum Gasteiger partial charge on any atom is 0.320 e. The van der Waals surface area contributed by atoms with E-state index in [4.69, 9.17) is 5.11 Å². The monoisotopic (exact) mass is 351 g/mol. The summed E-state index contributed by atoms with van der Waals surface area (Å²) in [5, 5.41) is 19.0. The Balaban J connectivity index is 1.80. The van der Waals surface area contributed by atoms with Crippen molar-refractivity contribution in [2.45, 2.75) is 65.1 Å². The predicted octanol–water partition coefficient (Wildman–Crippen LogP) is 2.22. The van der Waals surface area contributed by atoms with Gasteiger partial charge in [0.05, 0.1) is 6.54 Å². The van der Waals surface area contributed by atoms with Crippen LogP contribution in [-0.2, 0) is 4.79 Å². The molecule has 0 bridgehead atoms. The van der Waals surface area contributed by atoms with Gasteiger partial charge in [0.2, 0.25) is 0 Å². The van der Waals surface area contributed by atoms with Crippen molar-refractivity contribution < 1.29 is 14.7 Å². The highest BCUT2D eigenvalue weighted by molar-refractivity contribution is 5.88. The Morgan fingerprint density at radius 3 is 2.68 bits per heavy atom. The molecule has 8 nitrogen and oxygen atoms in total. The molecular formula is C17H29N5O3. The second kappa shape index (κ2) is 8.33. The number of carboxylic acids is 1. The Morgan fingerprint density at radius 1 is 1.44 bits per heavy atom. The number of aromatic nitrogens is 2. The largest absolute Gasteiger partial charge is 0.480 e. The first-order valence-corrected chi connectivity index (χ1v) is 8.93. The normalized spacial score (nSPS) is 20.8. The summed E-state index contributed by atoms with van der Waals surface area (Å²) >= 11 is 0. The first-order valence-electron chi connectivity index (χ1n) is 8.93. The lowest BCUT2D eigenvalue weighted by atomic mass is 9.85. The number of aryl methyl sites for hydroxylation is 1. The van der Waals surface area contributed by atoms with E-state index >= 15 is 0 Å². The van der Waals surface area contributed by atoms with Gasteiger partial charge in [-0.15, -0.1) is 0 Å². The Kier molecular flexibility index (Phi) is 6.41. The highest BCUT2D eigenvalue weighted by atomic mass is 16.4. The summed E-state index contributed by atoms with van der Waals surface area (Å²) < 4.78 is 1.92. The zero-order valence-electron chi connectivity index (χ0n) is 15.5. The van der Waals surface area contributed by atoms with Crippen molar-refractivity contribution in [2.24, 2.45) is 0 Å². The van der Waals surface area contributed by atoms with Crippen LogP contribution in [0.25, 0.3) is 0 Å². The van der Waals surface area contributed by atoms with E-state index in [0.717, 1.165) is 25.0 Å². The Hall–Kier alpha value is -2.09. The van der Waals surface area contributed by atoms with Crippen LogP contribution in [-0.4, -0.2) is 57.0 Å². The number of aliphatic carboxylic acids is 1. The smallest absolute Gasteiger partial charge is 0.320 e. The number of carbonyl (C=O) groups is 2. The number of rotatable bonds is 8. The summed E-state index contributed by atoms with van der Waals surface area (Å²) in [6.07, 6.45) is 2.52. The van der Waals surface area contributed by atoms with Gasteiger partial charge in [-0.3, -0.25) is 19.7 Å². The molecule has 8 heteroatoms. The molecule has 0 radical (unpaired) electrons. The van der Waals surface area contributed by atoms with Crippen LogP contribution in [0.5, 0.6) is 0 Å². The van der Waals surface area contributed by atoms with Gasteiger partial charge in [-0.2, -0.15) is 5.10 Å². The molecule has 0 aromatic carbocycles. The van der Waals surface area contributed by atoms with Crippen molar-refractivity contribution in [3.63, 3.8) is 0 Å². The minimum absolute atomic E-state index is 0.0480. The zero-order valence-corrected chi connectivity index (χ0v) is 15.5. The molecule has 2 rings (SSSR count). The molecule has 1 aromatic heterocycles. The Labute approximate surface area is 148 Å². The second-order valence-electron chi connectivity index (χ2n) is 6.75. The van der Waals surface area contributed by atoms with E-state index < -0.39 is 5.97 Å². The molecule has 1 aliphatic rings. The third kappa shape index (κ3) is 4.94. The third-order valence-electron chi connectivity index (χ3n) is 4.88. The van der Waals surface area contributed by atoms with Gasteiger partial charge in [-0.25, -0.2) is 4.79 Å². The molecule has 0 saturated heterocycles. The van der Waals surface area contributed by atoms with Gasteiger partial charge in [-0.1, -0.05) is 13.8 Å². The second-order valence-corrected chi connectivity index (χ2v) is 6.75. The number of nitrogens with one attached hydrogen (secondary N) is 2. The summed E-state index contributed by atoms with van der Waals surface area (Å²) in [6.45, 7) is 8.86. The minimum Gasteiger partial charge on any atom is -0.480 e. The van der Waals surface area contributed by atoms with Crippen LogP contribution in [0.4, 0.5) is 10.6 Å². The van der Waals surface area contributed by atoms with Crippen LogP contribution in [0.2, 0.25) is 0 Å². The molecule has 1 unspecified atom stereocenters. The van der Waals surface area contributed by atoms with E-state index in [1.807, 2.05) is 29.5 Å².